The van der Waals surface area contributed by atoms with Crippen molar-refractivity contribution in [1.29, 1.82) is 0 Å². The average molecular weight is 454 g/mol. The zero-order valence-corrected chi connectivity index (χ0v) is 18.7. The fraction of sp³-hybridized carbons (Fsp3) is 0.368. The van der Waals surface area contributed by atoms with Crippen molar-refractivity contribution < 1.29 is 18.0 Å². The normalized spacial score (nSPS) is 15.1. The number of thiophene rings is 1. The molecule has 0 bridgehead atoms. The van der Waals surface area contributed by atoms with Crippen LogP contribution < -0.4 is 5.32 Å². The minimum atomic E-state index is -3.68. The maximum absolute atomic E-state index is 13.0. The van der Waals surface area contributed by atoms with E-state index >= 15 is 0 Å². The van der Waals surface area contributed by atoms with E-state index in [-0.39, 0.29) is 21.6 Å². The summed E-state index contributed by atoms with van der Waals surface area (Å²) in [5.74, 6) is 1.02. The molecule has 0 atom stereocenters. The van der Waals surface area contributed by atoms with Gasteiger partial charge in [-0.3, -0.25) is 9.59 Å². The molecule has 29 heavy (non-hydrogen) atoms. The van der Waals surface area contributed by atoms with E-state index in [0.717, 1.165) is 28.4 Å². The van der Waals surface area contributed by atoms with Crippen molar-refractivity contribution in [2.75, 3.05) is 38.7 Å². The molecule has 1 fully saturated rings. The number of carbonyl (C=O) groups is 2. The van der Waals surface area contributed by atoms with Gasteiger partial charge in [0.25, 0.3) is 11.8 Å². The van der Waals surface area contributed by atoms with Gasteiger partial charge >= 0.3 is 0 Å². The number of hydrogen-bond acceptors (Lipinski definition) is 6. The molecule has 0 unspecified atom stereocenters. The molecule has 0 radical (unpaired) electrons. The van der Waals surface area contributed by atoms with E-state index in [9.17, 15) is 18.0 Å². The maximum Gasteiger partial charge on any atom is 0.265 e. The monoisotopic (exact) mass is 453 g/mol. The number of carbonyl (C=O) groups excluding carboxylic acids is 2. The lowest BCUT2D eigenvalue weighted by Crippen LogP contribution is -2.38. The van der Waals surface area contributed by atoms with Gasteiger partial charge in [0.15, 0.2) is 0 Å². The Morgan fingerprint density at radius 1 is 1.14 bits per heavy atom. The fourth-order valence-corrected chi connectivity index (χ4v) is 6.97. The second-order valence-electron chi connectivity index (χ2n) is 6.57. The maximum atomic E-state index is 13.0. The third kappa shape index (κ3) is 4.82. The zero-order chi connectivity index (χ0) is 21.0. The molecule has 0 spiro atoms. The van der Waals surface area contributed by atoms with E-state index < -0.39 is 10.0 Å². The van der Waals surface area contributed by atoms with Crippen molar-refractivity contribution in [3.05, 3.63) is 51.7 Å². The van der Waals surface area contributed by atoms with Crippen LogP contribution in [-0.4, -0.2) is 68.1 Å². The van der Waals surface area contributed by atoms with Gasteiger partial charge in [-0.05, 0) is 29.1 Å². The van der Waals surface area contributed by atoms with Crippen LogP contribution in [0, 0.1) is 0 Å². The van der Waals surface area contributed by atoms with Gasteiger partial charge in [-0.25, -0.2) is 8.42 Å². The SMILES string of the molecule is CNC(=O)c1ccc(CN(C)C(=O)c2sccc2S(=O)(=O)N2CCSCC2)cc1. The van der Waals surface area contributed by atoms with Crippen LogP contribution in [0.1, 0.15) is 25.6 Å². The molecule has 2 amide bonds. The summed E-state index contributed by atoms with van der Waals surface area (Å²) in [6, 6.07) is 8.47. The second-order valence-corrected chi connectivity index (χ2v) is 10.6. The van der Waals surface area contributed by atoms with Gasteiger partial charge in [-0.2, -0.15) is 16.1 Å². The molecule has 3 rings (SSSR count). The summed E-state index contributed by atoms with van der Waals surface area (Å²) in [4.78, 5) is 26.4. The molecule has 156 valence electrons. The molecule has 1 aliphatic heterocycles. The first-order valence-corrected chi connectivity index (χ1v) is 12.5. The highest BCUT2D eigenvalue weighted by Gasteiger charge is 2.32. The van der Waals surface area contributed by atoms with Crippen molar-refractivity contribution in [3.63, 3.8) is 0 Å². The highest BCUT2D eigenvalue weighted by atomic mass is 32.2. The highest BCUT2D eigenvalue weighted by molar-refractivity contribution is 7.99. The molecular weight excluding hydrogens is 430 g/mol. The van der Waals surface area contributed by atoms with Gasteiger partial charge in [0.05, 0.1) is 0 Å². The average Bonchev–Trinajstić information content (AvgIpc) is 3.24. The number of nitrogens with zero attached hydrogens (tertiary/aromatic N) is 2. The van der Waals surface area contributed by atoms with Gasteiger partial charge in [0.1, 0.15) is 9.77 Å². The lowest BCUT2D eigenvalue weighted by atomic mass is 10.1. The largest absolute Gasteiger partial charge is 0.355 e. The summed E-state index contributed by atoms with van der Waals surface area (Å²) in [7, 11) is -0.471. The first-order chi connectivity index (χ1) is 13.8. The minimum Gasteiger partial charge on any atom is -0.355 e. The van der Waals surface area contributed by atoms with Crippen LogP contribution in [0.3, 0.4) is 0 Å². The third-order valence-corrected chi connectivity index (χ3v) is 8.54. The number of nitrogens with one attached hydrogen (secondary N) is 1. The van der Waals surface area contributed by atoms with E-state index in [2.05, 4.69) is 5.32 Å². The lowest BCUT2D eigenvalue weighted by molar-refractivity contribution is 0.0785. The molecule has 7 nitrogen and oxygen atoms in total. The zero-order valence-electron chi connectivity index (χ0n) is 16.3. The molecular formula is C19H23N3O4S3. The number of sulfonamides is 1. The van der Waals surface area contributed by atoms with E-state index in [4.69, 9.17) is 0 Å². The van der Waals surface area contributed by atoms with Crippen LogP contribution in [0.15, 0.2) is 40.6 Å². The van der Waals surface area contributed by atoms with Gasteiger partial charge < -0.3 is 10.2 Å². The Morgan fingerprint density at radius 2 is 1.79 bits per heavy atom. The summed E-state index contributed by atoms with van der Waals surface area (Å²) in [5, 5.41) is 4.20. The molecule has 0 saturated carbocycles. The number of rotatable bonds is 6. The molecule has 1 saturated heterocycles. The van der Waals surface area contributed by atoms with E-state index in [1.807, 2.05) is 0 Å². The van der Waals surface area contributed by atoms with Gasteiger partial charge in [-0.15, -0.1) is 11.3 Å². The lowest BCUT2D eigenvalue weighted by Gasteiger charge is -2.26. The molecule has 1 aliphatic rings. The van der Waals surface area contributed by atoms with Crippen LogP contribution in [0.25, 0.3) is 0 Å². The summed E-state index contributed by atoms with van der Waals surface area (Å²) in [6.45, 7) is 1.23. The summed E-state index contributed by atoms with van der Waals surface area (Å²) in [6.07, 6.45) is 0. The van der Waals surface area contributed by atoms with Gasteiger partial charge in [0.2, 0.25) is 10.0 Å². The van der Waals surface area contributed by atoms with E-state index in [0.29, 0.717) is 25.2 Å². The Bertz CT molecular complexity index is 980. The predicted octanol–water partition coefficient (Wildman–Crippen LogP) is 2.12. The van der Waals surface area contributed by atoms with E-state index in [1.54, 1.807) is 55.5 Å². The Morgan fingerprint density at radius 3 is 2.41 bits per heavy atom. The van der Waals surface area contributed by atoms with Crippen LogP contribution in [0.5, 0.6) is 0 Å². The summed E-state index contributed by atoms with van der Waals surface area (Å²) >= 11 is 2.87. The molecule has 0 aliphatic carbocycles. The number of thioether (sulfide) groups is 1. The Kier molecular flexibility index (Phi) is 6.99. The molecule has 1 N–H and O–H groups in total. The second kappa shape index (κ2) is 9.29. The molecule has 2 heterocycles. The quantitative estimate of drug-likeness (QED) is 0.724. The summed E-state index contributed by atoms with van der Waals surface area (Å²) in [5.41, 5.74) is 1.39. The highest BCUT2D eigenvalue weighted by Crippen LogP contribution is 2.28. The molecule has 1 aromatic carbocycles. The minimum absolute atomic E-state index is 0.0845. The molecule has 10 heteroatoms. The smallest absolute Gasteiger partial charge is 0.265 e. The Balaban J connectivity index is 1.75. The predicted molar refractivity (Wildman–Crippen MR) is 116 cm³/mol. The fourth-order valence-electron chi connectivity index (χ4n) is 3.01. The van der Waals surface area contributed by atoms with Crippen molar-refractivity contribution in [1.82, 2.24) is 14.5 Å². The van der Waals surface area contributed by atoms with Crippen molar-refractivity contribution in [2.45, 2.75) is 11.4 Å². The van der Waals surface area contributed by atoms with Crippen LogP contribution >= 0.6 is 23.1 Å². The first kappa shape index (κ1) is 21.8. The van der Waals surface area contributed by atoms with Gasteiger partial charge in [-0.1, -0.05) is 12.1 Å². The van der Waals surface area contributed by atoms with Crippen LogP contribution in [0.4, 0.5) is 0 Å². The number of benzene rings is 1. The first-order valence-electron chi connectivity index (χ1n) is 9.06. The third-order valence-electron chi connectivity index (χ3n) is 4.62. The standard InChI is InChI=1S/C19H23N3O4S3/c1-20-18(23)15-5-3-14(4-6-15)13-21(2)19(24)17-16(7-10-28-17)29(25,26)22-8-11-27-12-9-22/h3-7,10H,8-9,11-13H2,1-2H3,(H,20,23). The van der Waals surface area contributed by atoms with Crippen LogP contribution in [0.2, 0.25) is 0 Å². The number of amides is 2. The van der Waals surface area contributed by atoms with Gasteiger partial charge in [0, 0.05) is 50.8 Å². The number of hydrogen-bond donors (Lipinski definition) is 1. The van der Waals surface area contributed by atoms with Crippen molar-refractivity contribution in [3.8, 4) is 0 Å². The van der Waals surface area contributed by atoms with Crippen molar-refractivity contribution >= 4 is 44.9 Å². The van der Waals surface area contributed by atoms with Crippen molar-refractivity contribution in [2.24, 2.45) is 0 Å². The Hall–Kier alpha value is -1.88. The van der Waals surface area contributed by atoms with Crippen LogP contribution in [-0.2, 0) is 16.6 Å². The molecule has 1 aromatic heterocycles. The van der Waals surface area contributed by atoms with E-state index in [1.165, 1.54) is 15.3 Å². The molecule has 2 aromatic rings. The topological polar surface area (TPSA) is 86.8 Å². The summed E-state index contributed by atoms with van der Waals surface area (Å²) < 4.78 is 27.5. The Labute approximate surface area is 179 Å².